The average molecular weight is 552 g/mol. The molecule has 37 heavy (non-hydrogen) atoms. The molecule has 0 radical (unpaired) electrons. The van der Waals surface area contributed by atoms with Gasteiger partial charge in [0, 0.05) is 31.1 Å². The van der Waals surface area contributed by atoms with Gasteiger partial charge in [0.1, 0.15) is 11.8 Å². The fourth-order valence-corrected chi connectivity index (χ4v) is 5.06. The van der Waals surface area contributed by atoms with Crippen LogP contribution in [-0.4, -0.2) is 57.6 Å². The van der Waals surface area contributed by atoms with Crippen molar-refractivity contribution in [3.8, 4) is 5.75 Å². The molecule has 0 aliphatic rings. The number of unbranched alkanes of at least 4 members (excludes halogenated alkanes) is 1. The van der Waals surface area contributed by atoms with Crippen LogP contribution in [0.15, 0.2) is 48.5 Å². The molecule has 0 aromatic heterocycles. The number of carbonyl (C=O) groups excluding carboxylic acids is 2. The first-order valence-electron chi connectivity index (χ1n) is 12.5. The van der Waals surface area contributed by atoms with Crippen molar-refractivity contribution in [2.75, 3.05) is 30.8 Å². The lowest BCUT2D eigenvalue weighted by Crippen LogP contribution is -2.49. The van der Waals surface area contributed by atoms with Crippen molar-refractivity contribution in [1.29, 1.82) is 0 Å². The molecule has 0 aliphatic heterocycles. The lowest BCUT2D eigenvalue weighted by Gasteiger charge is -2.31. The maximum absolute atomic E-state index is 13.5. The van der Waals surface area contributed by atoms with Crippen LogP contribution < -0.4 is 14.4 Å². The Labute approximate surface area is 226 Å². The summed E-state index contributed by atoms with van der Waals surface area (Å²) >= 11 is 5.95. The van der Waals surface area contributed by atoms with Crippen molar-refractivity contribution in [3.63, 3.8) is 0 Å². The summed E-state index contributed by atoms with van der Waals surface area (Å²) < 4.78 is 31.3. The Morgan fingerprint density at radius 1 is 1.03 bits per heavy atom. The SMILES string of the molecule is CCCCNC(=O)C(CC)N(Cc1ccc(OC)cc1)C(=O)CCCN(c1ccc(Cl)cc1)S(C)(=O)=O. The molecule has 2 rings (SSSR count). The highest BCUT2D eigenvalue weighted by molar-refractivity contribution is 7.92. The fourth-order valence-electron chi connectivity index (χ4n) is 3.96. The van der Waals surface area contributed by atoms with Gasteiger partial charge in [-0.1, -0.05) is 44.0 Å². The van der Waals surface area contributed by atoms with Gasteiger partial charge in [0.15, 0.2) is 0 Å². The highest BCUT2D eigenvalue weighted by atomic mass is 35.5. The molecule has 1 N–H and O–H groups in total. The van der Waals surface area contributed by atoms with Gasteiger partial charge in [0.25, 0.3) is 0 Å². The van der Waals surface area contributed by atoms with Crippen LogP contribution in [-0.2, 0) is 26.2 Å². The molecule has 2 amide bonds. The van der Waals surface area contributed by atoms with E-state index < -0.39 is 16.1 Å². The predicted molar refractivity (Wildman–Crippen MR) is 148 cm³/mol. The first-order chi connectivity index (χ1) is 17.6. The van der Waals surface area contributed by atoms with E-state index in [1.807, 2.05) is 38.1 Å². The van der Waals surface area contributed by atoms with Crippen LogP contribution in [0.2, 0.25) is 5.02 Å². The second kappa shape index (κ2) is 14.8. The predicted octanol–water partition coefficient (Wildman–Crippen LogP) is 4.62. The second-order valence-electron chi connectivity index (χ2n) is 8.85. The zero-order valence-electron chi connectivity index (χ0n) is 22.1. The fraction of sp³-hybridized carbons (Fsp3) is 0.481. The molecule has 0 spiro atoms. The number of nitrogens with one attached hydrogen (secondary N) is 1. The summed E-state index contributed by atoms with van der Waals surface area (Å²) in [5.41, 5.74) is 1.35. The molecule has 0 fully saturated rings. The summed E-state index contributed by atoms with van der Waals surface area (Å²) in [6, 6.07) is 13.3. The van der Waals surface area contributed by atoms with E-state index in [4.69, 9.17) is 16.3 Å². The highest BCUT2D eigenvalue weighted by Crippen LogP contribution is 2.22. The van der Waals surface area contributed by atoms with Gasteiger partial charge in [-0.3, -0.25) is 13.9 Å². The average Bonchev–Trinajstić information content (AvgIpc) is 2.87. The van der Waals surface area contributed by atoms with E-state index in [-0.39, 0.29) is 31.3 Å². The Bertz CT molecular complexity index is 1110. The molecule has 2 aromatic carbocycles. The summed E-state index contributed by atoms with van der Waals surface area (Å²) in [4.78, 5) is 28.0. The van der Waals surface area contributed by atoms with E-state index in [0.717, 1.165) is 24.7 Å². The zero-order chi connectivity index (χ0) is 27.4. The zero-order valence-corrected chi connectivity index (χ0v) is 23.6. The Hall–Kier alpha value is -2.78. The number of sulfonamides is 1. The largest absolute Gasteiger partial charge is 0.497 e. The number of amides is 2. The number of nitrogens with zero attached hydrogens (tertiary/aromatic N) is 2. The lowest BCUT2D eigenvalue weighted by molar-refractivity contribution is -0.141. The molecule has 0 saturated carbocycles. The topological polar surface area (TPSA) is 96.0 Å². The van der Waals surface area contributed by atoms with Crippen molar-refractivity contribution in [3.05, 3.63) is 59.1 Å². The van der Waals surface area contributed by atoms with Crippen molar-refractivity contribution < 1.29 is 22.7 Å². The summed E-state index contributed by atoms with van der Waals surface area (Å²) in [6.07, 6.45) is 3.79. The quantitative estimate of drug-likeness (QED) is 0.326. The Balaban J connectivity index is 2.19. The van der Waals surface area contributed by atoms with Gasteiger partial charge in [-0.2, -0.15) is 0 Å². The summed E-state index contributed by atoms with van der Waals surface area (Å²) in [6.45, 7) is 4.87. The molecule has 1 atom stereocenters. The van der Waals surface area contributed by atoms with Crippen LogP contribution in [0.1, 0.15) is 51.5 Å². The standard InChI is InChI=1S/C27H38ClN3O5S/c1-5-7-18-29-27(33)25(6-2)30(20-21-10-16-24(36-3)17-11-21)26(32)9-8-19-31(37(4,34)35)23-14-12-22(28)13-15-23/h10-17,25H,5-9,18-20H2,1-4H3,(H,29,33). The van der Waals surface area contributed by atoms with Crippen LogP contribution in [0.25, 0.3) is 0 Å². The summed E-state index contributed by atoms with van der Waals surface area (Å²) in [7, 11) is -1.98. The molecule has 0 bridgehead atoms. The number of halogens is 1. The maximum atomic E-state index is 13.5. The monoisotopic (exact) mass is 551 g/mol. The van der Waals surface area contributed by atoms with Crippen LogP contribution in [0, 0.1) is 0 Å². The van der Waals surface area contributed by atoms with Gasteiger partial charge in [0.2, 0.25) is 21.8 Å². The van der Waals surface area contributed by atoms with E-state index in [1.165, 1.54) is 4.31 Å². The Kier molecular flexibility index (Phi) is 12.2. The van der Waals surface area contributed by atoms with Gasteiger partial charge in [-0.05, 0) is 61.2 Å². The van der Waals surface area contributed by atoms with E-state index in [9.17, 15) is 18.0 Å². The van der Waals surface area contributed by atoms with Gasteiger partial charge in [-0.15, -0.1) is 0 Å². The minimum Gasteiger partial charge on any atom is -0.497 e. The van der Waals surface area contributed by atoms with E-state index in [2.05, 4.69) is 5.32 Å². The van der Waals surface area contributed by atoms with Crippen molar-refractivity contribution in [1.82, 2.24) is 10.2 Å². The Morgan fingerprint density at radius 3 is 2.22 bits per heavy atom. The molecule has 8 nitrogen and oxygen atoms in total. The van der Waals surface area contributed by atoms with Crippen LogP contribution >= 0.6 is 11.6 Å². The van der Waals surface area contributed by atoms with E-state index in [1.54, 1.807) is 36.3 Å². The minimum atomic E-state index is -3.56. The smallest absolute Gasteiger partial charge is 0.242 e. The number of anilines is 1. The number of hydrogen-bond donors (Lipinski definition) is 1. The highest BCUT2D eigenvalue weighted by Gasteiger charge is 2.28. The number of hydrogen-bond acceptors (Lipinski definition) is 5. The van der Waals surface area contributed by atoms with Crippen molar-refractivity contribution in [2.24, 2.45) is 0 Å². The maximum Gasteiger partial charge on any atom is 0.242 e. The van der Waals surface area contributed by atoms with Crippen LogP contribution in [0.4, 0.5) is 5.69 Å². The van der Waals surface area contributed by atoms with Crippen molar-refractivity contribution in [2.45, 2.75) is 58.5 Å². The third-order valence-corrected chi connectivity index (χ3v) is 7.44. The van der Waals surface area contributed by atoms with Crippen LogP contribution in [0.5, 0.6) is 5.75 Å². The first kappa shape index (κ1) is 30.4. The molecular weight excluding hydrogens is 514 g/mol. The molecular formula is C27H38ClN3O5S. The van der Waals surface area contributed by atoms with Gasteiger partial charge in [-0.25, -0.2) is 8.42 Å². The Morgan fingerprint density at radius 2 is 1.68 bits per heavy atom. The van der Waals surface area contributed by atoms with Gasteiger partial charge >= 0.3 is 0 Å². The van der Waals surface area contributed by atoms with Gasteiger partial charge < -0.3 is 15.0 Å². The lowest BCUT2D eigenvalue weighted by atomic mass is 10.1. The molecule has 0 heterocycles. The third-order valence-electron chi connectivity index (χ3n) is 5.99. The molecule has 0 saturated heterocycles. The van der Waals surface area contributed by atoms with E-state index >= 15 is 0 Å². The second-order valence-corrected chi connectivity index (χ2v) is 11.2. The molecule has 2 aromatic rings. The molecule has 0 aliphatic carbocycles. The summed E-state index contributed by atoms with van der Waals surface area (Å²) in [5, 5.41) is 3.45. The van der Waals surface area contributed by atoms with Crippen molar-refractivity contribution >= 4 is 39.1 Å². The number of ether oxygens (including phenoxy) is 1. The normalized spacial score (nSPS) is 12.0. The number of methoxy groups -OCH3 is 1. The van der Waals surface area contributed by atoms with Crippen LogP contribution in [0.3, 0.4) is 0 Å². The minimum absolute atomic E-state index is 0.0918. The van der Waals surface area contributed by atoms with E-state index in [0.29, 0.717) is 35.8 Å². The number of rotatable bonds is 15. The third kappa shape index (κ3) is 9.55. The van der Waals surface area contributed by atoms with Gasteiger partial charge in [0.05, 0.1) is 19.1 Å². The number of carbonyl (C=O) groups is 2. The summed E-state index contributed by atoms with van der Waals surface area (Å²) in [5.74, 6) is 0.309. The molecule has 1 unspecified atom stereocenters. The number of benzene rings is 2. The molecule has 10 heteroatoms. The molecule has 204 valence electrons. The first-order valence-corrected chi connectivity index (χ1v) is 14.8.